The second-order valence-corrected chi connectivity index (χ2v) is 12.2. The van der Waals surface area contributed by atoms with Crippen molar-refractivity contribution >= 4 is 17.7 Å². The summed E-state index contributed by atoms with van der Waals surface area (Å²) >= 11 is 0. The van der Waals surface area contributed by atoms with E-state index >= 15 is 0 Å². The number of allylic oxidation sites excluding steroid dienone is 3. The second-order valence-electron chi connectivity index (χ2n) is 12.2. The molecule has 3 fully saturated rings. The van der Waals surface area contributed by atoms with Gasteiger partial charge in [0.05, 0.1) is 25.6 Å². The highest BCUT2D eigenvalue weighted by molar-refractivity contribution is 6.03. The Hall–Kier alpha value is -1.91. The maximum absolute atomic E-state index is 13.5. The molecule has 0 N–H and O–H groups in total. The van der Waals surface area contributed by atoms with Gasteiger partial charge in [0.15, 0.2) is 5.78 Å². The lowest BCUT2D eigenvalue weighted by molar-refractivity contribution is -0.210. The number of methoxy groups -OCH3 is 2. The fraction of sp³-hybridized carbons (Fsp3) is 0.750. The SMILES string of the molecule is COC(=O)[C@]12C=CC(=O)[C@H]1[C@@]13C=C(C(C)C)[C@@H]2C[C@@H]1[C@@]1(C)CCC[C@@](C)(C(=O)OC)[C@@H]1CC3. The topological polar surface area (TPSA) is 69.7 Å². The maximum Gasteiger partial charge on any atom is 0.317 e. The molecule has 0 aromatic rings. The lowest BCUT2D eigenvalue weighted by Crippen LogP contribution is -2.68. The minimum absolute atomic E-state index is 0.0357. The van der Waals surface area contributed by atoms with Gasteiger partial charge in [0, 0.05) is 11.3 Å². The van der Waals surface area contributed by atoms with E-state index in [1.54, 1.807) is 6.08 Å². The van der Waals surface area contributed by atoms with Crippen LogP contribution in [0.4, 0.5) is 0 Å². The Kier molecular flexibility index (Phi) is 4.89. The predicted molar refractivity (Wildman–Crippen MR) is 124 cm³/mol. The first-order valence-electron chi connectivity index (χ1n) is 12.7. The highest BCUT2D eigenvalue weighted by Crippen LogP contribution is 2.77. The van der Waals surface area contributed by atoms with Crippen molar-refractivity contribution in [2.75, 3.05) is 14.2 Å². The molecule has 180 valence electrons. The molecule has 33 heavy (non-hydrogen) atoms. The van der Waals surface area contributed by atoms with Crippen LogP contribution in [-0.4, -0.2) is 31.9 Å². The first kappa shape index (κ1) is 22.9. The van der Waals surface area contributed by atoms with Gasteiger partial charge in [0.2, 0.25) is 0 Å². The summed E-state index contributed by atoms with van der Waals surface area (Å²) in [6.45, 7) is 8.85. The van der Waals surface area contributed by atoms with Gasteiger partial charge in [-0.05, 0) is 68.3 Å². The zero-order valence-corrected chi connectivity index (χ0v) is 20.9. The minimum atomic E-state index is -0.889. The van der Waals surface area contributed by atoms with E-state index in [0.717, 1.165) is 38.5 Å². The number of ether oxygens (including phenoxy) is 2. The molecular weight excluding hydrogens is 416 g/mol. The van der Waals surface area contributed by atoms with E-state index in [9.17, 15) is 14.4 Å². The average molecular weight is 455 g/mol. The monoisotopic (exact) mass is 454 g/mol. The Morgan fingerprint density at radius 2 is 1.73 bits per heavy atom. The van der Waals surface area contributed by atoms with E-state index in [-0.39, 0.29) is 46.3 Å². The van der Waals surface area contributed by atoms with E-state index in [0.29, 0.717) is 5.92 Å². The van der Waals surface area contributed by atoms with E-state index < -0.39 is 16.7 Å². The van der Waals surface area contributed by atoms with Gasteiger partial charge < -0.3 is 9.47 Å². The van der Waals surface area contributed by atoms with Crippen molar-refractivity contribution in [2.24, 2.45) is 51.2 Å². The highest BCUT2D eigenvalue weighted by atomic mass is 16.5. The number of rotatable bonds is 3. The van der Waals surface area contributed by atoms with Crippen LogP contribution in [0.3, 0.4) is 0 Å². The van der Waals surface area contributed by atoms with Crippen LogP contribution in [0, 0.1) is 51.2 Å². The van der Waals surface area contributed by atoms with Crippen LogP contribution in [0.5, 0.6) is 0 Å². The second kappa shape index (κ2) is 7.05. The molecule has 0 aromatic heterocycles. The predicted octanol–water partition coefficient (Wildman–Crippen LogP) is 4.90. The molecule has 0 amide bonds. The molecule has 6 rings (SSSR count). The largest absolute Gasteiger partial charge is 0.469 e. The molecule has 0 aliphatic heterocycles. The maximum atomic E-state index is 13.5. The molecular formula is C28H38O5. The molecule has 0 radical (unpaired) electrons. The third kappa shape index (κ3) is 2.52. The lowest BCUT2D eigenvalue weighted by Gasteiger charge is -2.70. The van der Waals surface area contributed by atoms with Crippen molar-refractivity contribution in [2.45, 2.75) is 66.2 Å². The fourth-order valence-corrected chi connectivity index (χ4v) is 9.73. The summed E-state index contributed by atoms with van der Waals surface area (Å²) in [5, 5.41) is 0. The van der Waals surface area contributed by atoms with E-state index in [2.05, 4.69) is 33.8 Å². The Morgan fingerprint density at radius 3 is 2.36 bits per heavy atom. The third-order valence-corrected chi connectivity index (χ3v) is 10.9. The molecule has 0 heterocycles. The molecule has 1 spiro atoms. The van der Waals surface area contributed by atoms with Crippen molar-refractivity contribution in [1.82, 2.24) is 0 Å². The number of carbonyl (C=O) groups excluding carboxylic acids is 3. The van der Waals surface area contributed by atoms with Crippen molar-refractivity contribution in [3.8, 4) is 0 Å². The number of carbonyl (C=O) groups is 3. The van der Waals surface area contributed by atoms with Gasteiger partial charge >= 0.3 is 11.9 Å². The fourth-order valence-electron chi connectivity index (χ4n) is 9.73. The summed E-state index contributed by atoms with van der Waals surface area (Å²) in [6, 6.07) is 0. The van der Waals surface area contributed by atoms with Crippen LogP contribution in [-0.2, 0) is 23.9 Å². The van der Waals surface area contributed by atoms with Gasteiger partial charge in [-0.1, -0.05) is 44.9 Å². The third-order valence-electron chi connectivity index (χ3n) is 10.9. The van der Waals surface area contributed by atoms with E-state index in [1.807, 2.05) is 6.08 Å². The van der Waals surface area contributed by atoms with Crippen molar-refractivity contribution < 1.29 is 23.9 Å². The summed E-state index contributed by atoms with van der Waals surface area (Å²) in [5.41, 5.74) is -0.534. The Labute approximate surface area is 197 Å². The quantitative estimate of drug-likeness (QED) is 0.448. The van der Waals surface area contributed by atoms with Crippen LogP contribution in [0.2, 0.25) is 0 Å². The molecule has 6 aliphatic rings. The van der Waals surface area contributed by atoms with Gasteiger partial charge in [0.25, 0.3) is 0 Å². The molecule has 8 atom stereocenters. The standard InChI is InChI=1S/C28H38O5/c1-16(2)17-15-27-12-9-20-25(3,10-7-11-26(20,4)23(30)32-5)21(27)14-18(17)28(24(31)33-6)13-8-19(29)22(27)28/h8,13,15-16,18,20-22H,7,9-12,14H2,1-6H3/t18-,20+,21+,22-,25-,26+,27-,28-/m0/s1. The summed E-state index contributed by atoms with van der Waals surface area (Å²) < 4.78 is 10.7. The zero-order valence-electron chi connectivity index (χ0n) is 20.9. The first-order valence-corrected chi connectivity index (χ1v) is 12.7. The molecule has 5 heteroatoms. The Balaban J connectivity index is 1.69. The molecule has 3 saturated carbocycles. The lowest BCUT2D eigenvalue weighted by atomic mass is 9.32. The van der Waals surface area contributed by atoms with Crippen LogP contribution < -0.4 is 0 Å². The number of ketones is 1. The van der Waals surface area contributed by atoms with E-state index in [1.165, 1.54) is 19.8 Å². The first-order chi connectivity index (χ1) is 15.5. The van der Waals surface area contributed by atoms with Crippen LogP contribution in [0.25, 0.3) is 0 Å². The number of hydrogen-bond donors (Lipinski definition) is 0. The molecule has 6 aliphatic carbocycles. The summed E-state index contributed by atoms with van der Waals surface area (Å²) in [4.78, 5) is 39.9. The normalized spacial score (nSPS) is 47.5. The Morgan fingerprint density at radius 1 is 1.03 bits per heavy atom. The van der Waals surface area contributed by atoms with Crippen molar-refractivity contribution in [3.05, 3.63) is 23.8 Å². The van der Waals surface area contributed by atoms with Gasteiger partial charge in [-0.2, -0.15) is 0 Å². The van der Waals surface area contributed by atoms with Gasteiger partial charge in [-0.25, -0.2) is 0 Å². The number of fused-ring (bicyclic) bond motifs is 1. The molecule has 0 aromatic carbocycles. The number of esters is 2. The van der Waals surface area contributed by atoms with Crippen molar-refractivity contribution in [3.63, 3.8) is 0 Å². The number of hydrogen-bond acceptors (Lipinski definition) is 5. The zero-order chi connectivity index (χ0) is 24.0. The molecule has 2 bridgehead atoms. The molecule has 5 nitrogen and oxygen atoms in total. The van der Waals surface area contributed by atoms with Crippen molar-refractivity contribution in [1.29, 1.82) is 0 Å². The Bertz CT molecular complexity index is 977. The average Bonchev–Trinajstić information content (AvgIpc) is 3.17. The molecule has 0 saturated heterocycles. The van der Waals surface area contributed by atoms with Crippen LogP contribution in [0.1, 0.15) is 66.2 Å². The van der Waals surface area contributed by atoms with Gasteiger partial charge in [-0.15, -0.1) is 0 Å². The molecule has 0 unspecified atom stereocenters. The minimum Gasteiger partial charge on any atom is -0.469 e. The van der Waals surface area contributed by atoms with Gasteiger partial charge in [-0.3, -0.25) is 14.4 Å². The van der Waals surface area contributed by atoms with Crippen LogP contribution in [0.15, 0.2) is 23.8 Å². The van der Waals surface area contributed by atoms with Crippen LogP contribution >= 0.6 is 0 Å². The summed E-state index contributed by atoms with van der Waals surface area (Å²) in [6.07, 6.45) is 11.4. The highest BCUT2D eigenvalue weighted by Gasteiger charge is 2.75. The summed E-state index contributed by atoms with van der Waals surface area (Å²) in [7, 11) is 2.94. The summed E-state index contributed by atoms with van der Waals surface area (Å²) in [5.74, 6) is 0.0510. The van der Waals surface area contributed by atoms with E-state index in [4.69, 9.17) is 9.47 Å². The smallest absolute Gasteiger partial charge is 0.317 e. The van der Waals surface area contributed by atoms with Gasteiger partial charge in [0.1, 0.15) is 5.41 Å².